The first-order chi connectivity index (χ1) is 9.83. The number of nitrogens with one attached hydrogen (secondary N) is 1. The molecular formula is C16H18N4. The van der Waals surface area contributed by atoms with Crippen LogP contribution in [0.25, 0.3) is 10.8 Å². The van der Waals surface area contributed by atoms with Gasteiger partial charge in [0.15, 0.2) is 0 Å². The average Bonchev–Trinajstić information content (AvgIpc) is 2.89. The Hall–Kier alpha value is -2.20. The van der Waals surface area contributed by atoms with Gasteiger partial charge in [-0.1, -0.05) is 24.3 Å². The molecule has 4 nitrogen and oxygen atoms in total. The molecule has 0 spiro atoms. The summed E-state index contributed by atoms with van der Waals surface area (Å²) in [6.07, 6.45) is 7.79. The van der Waals surface area contributed by atoms with Crippen molar-refractivity contribution in [3.8, 4) is 0 Å². The molecule has 1 N–H and O–H groups in total. The van der Waals surface area contributed by atoms with Crippen LogP contribution in [-0.4, -0.2) is 21.3 Å². The van der Waals surface area contributed by atoms with E-state index in [1.165, 1.54) is 21.9 Å². The van der Waals surface area contributed by atoms with Gasteiger partial charge in [0, 0.05) is 37.1 Å². The van der Waals surface area contributed by atoms with Gasteiger partial charge < -0.3 is 5.32 Å². The molecular weight excluding hydrogens is 248 g/mol. The number of aromatic nitrogens is 3. The van der Waals surface area contributed by atoms with Gasteiger partial charge in [0.25, 0.3) is 0 Å². The van der Waals surface area contributed by atoms with E-state index >= 15 is 0 Å². The van der Waals surface area contributed by atoms with E-state index in [1.807, 2.05) is 29.3 Å². The van der Waals surface area contributed by atoms with Crippen molar-refractivity contribution in [2.75, 3.05) is 6.54 Å². The molecule has 0 aliphatic heterocycles. The quantitative estimate of drug-likeness (QED) is 0.722. The van der Waals surface area contributed by atoms with Crippen LogP contribution in [0.4, 0.5) is 0 Å². The third-order valence-electron chi connectivity index (χ3n) is 3.35. The van der Waals surface area contributed by atoms with E-state index in [2.05, 4.69) is 46.7 Å². The lowest BCUT2D eigenvalue weighted by molar-refractivity contribution is 0.555. The lowest BCUT2D eigenvalue weighted by Crippen LogP contribution is -2.20. The minimum atomic E-state index is 0.828. The maximum absolute atomic E-state index is 4.30. The zero-order chi connectivity index (χ0) is 13.8. The van der Waals surface area contributed by atoms with Crippen LogP contribution < -0.4 is 5.32 Å². The Morgan fingerprint density at radius 1 is 1.15 bits per heavy atom. The number of rotatable bonds is 5. The lowest BCUT2D eigenvalue weighted by Gasteiger charge is -2.08. The first-order valence-corrected chi connectivity index (χ1v) is 6.84. The summed E-state index contributed by atoms with van der Waals surface area (Å²) in [7, 11) is 0. The van der Waals surface area contributed by atoms with Crippen LogP contribution in [0.1, 0.15) is 11.1 Å². The molecule has 2 heterocycles. The van der Waals surface area contributed by atoms with Gasteiger partial charge in [0.1, 0.15) is 0 Å². The predicted molar refractivity (Wildman–Crippen MR) is 80.4 cm³/mol. The molecule has 0 radical (unpaired) electrons. The summed E-state index contributed by atoms with van der Waals surface area (Å²) in [5.41, 5.74) is 2.43. The van der Waals surface area contributed by atoms with Gasteiger partial charge in [-0.3, -0.25) is 9.67 Å². The zero-order valence-electron chi connectivity index (χ0n) is 11.6. The Balaban J connectivity index is 1.60. The van der Waals surface area contributed by atoms with E-state index in [9.17, 15) is 0 Å². The maximum Gasteiger partial charge on any atom is 0.0534 e. The Morgan fingerprint density at radius 2 is 2.05 bits per heavy atom. The smallest absolute Gasteiger partial charge is 0.0534 e. The molecule has 0 fully saturated rings. The molecule has 20 heavy (non-hydrogen) atoms. The Kier molecular flexibility index (Phi) is 3.74. The Labute approximate surface area is 118 Å². The summed E-state index contributed by atoms with van der Waals surface area (Å²) in [5.74, 6) is 0. The number of hydrogen-bond donors (Lipinski definition) is 1. The van der Waals surface area contributed by atoms with Crippen molar-refractivity contribution in [2.24, 2.45) is 0 Å². The molecule has 1 aromatic carbocycles. The molecule has 2 aromatic heterocycles. The molecule has 0 aliphatic rings. The van der Waals surface area contributed by atoms with Crippen LogP contribution in [-0.2, 0) is 13.1 Å². The first-order valence-electron chi connectivity index (χ1n) is 6.84. The SMILES string of the molecule is Cc1cnn(CCNCc2cncc3ccccc23)c1. The van der Waals surface area contributed by atoms with Crippen molar-refractivity contribution >= 4 is 10.8 Å². The Bertz CT molecular complexity index is 697. The first kappa shape index (κ1) is 12.8. The zero-order valence-corrected chi connectivity index (χ0v) is 11.6. The van der Waals surface area contributed by atoms with Crippen LogP contribution in [0.15, 0.2) is 49.1 Å². The van der Waals surface area contributed by atoms with Crippen molar-refractivity contribution in [1.29, 1.82) is 0 Å². The van der Waals surface area contributed by atoms with Crippen molar-refractivity contribution in [2.45, 2.75) is 20.0 Å². The number of fused-ring (bicyclic) bond motifs is 1. The van der Waals surface area contributed by atoms with E-state index in [1.54, 1.807) is 0 Å². The highest BCUT2D eigenvalue weighted by molar-refractivity contribution is 5.84. The lowest BCUT2D eigenvalue weighted by atomic mass is 10.1. The van der Waals surface area contributed by atoms with Crippen LogP contribution >= 0.6 is 0 Å². The molecule has 0 unspecified atom stereocenters. The fourth-order valence-corrected chi connectivity index (χ4v) is 2.33. The Morgan fingerprint density at radius 3 is 2.90 bits per heavy atom. The fraction of sp³-hybridized carbons (Fsp3) is 0.250. The second kappa shape index (κ2) is 5.84. The van der Waals surface area contributed by atoms with Gasteiger partial charge in [-0.25, -0.2) is 0 Å². The van der Waals surface area contributed by atoms with E-state index in [0.29, 0.717) is 0 Å². The van der Waals surface area contributed by atoms with Gasteiger partial charge in [0.05, 0.1) is 12.7 Å². The average molecular weight is 266 g/mol. The maximum atomic E-state index is 4.30. The molecule has 0 saturated heterocycles. The van der Waals surface area contributed by atoms with Gasteiger partial charge in [-0.05, 0) is 23.4 Å². The van der Waals surface area contributed by atoms with Gasteiger partial charge >= 0.3 is 0 Å². The van der Waals surface area contributed by atoms with Gasteiger partial charge in [-0.15, -0.1) is 0 Å². The summed E-state index contributed by atoms with van der Waals surface area (Å²) < 4.78 is 1.96. The van der Waals surface area contributed by atoms with Crippen molar-refractivity contribution in [3.63, 3.8) is 0 Å². The topological polar surface area (TPSA) is 42.7 Å². The molecule has 0 bridgehead atoms. The third-order valence-corrected chi connectivity index (χ3v) is 3.35. The van der Waals surface area contributed by atoms with E-state index < -0.39 is 0 Å². The number of nitrogens with zero attached hydrogens (tertiary/aromatic N) is 3. The summed E-state index contributed by atoms with van der Waals surface area (Å²) in [5, 5.41) is 10.2. The summed E-state index contributed by atoms with van der Waals surface area (Å²) >= 11 is 0. The highest BCUT2D eigenvalue weighted by Crippen LogP contribution is 2.16. The highest BCUT2D eigenvalue weighted by atomic mass is 15.3. The second-order valence-electron chi connectivity index (χ2n) is 4.98. The summed E-state index contributed by atoms with van der Waals surface area (Å²) in [4.78, 5) is 4.30. The van der Waals surface area contributed by atoms with E-state index in [4.69, 9.17) is 0 Å². The van der Waals surface area contributed by atoms with Crippen molar-refractivity contribution in [3.05, 3.63) is 60.2 Å². The largest absolute Gasteiger partial charge is 0.311 e. The normalized spacial score (nSPS) is 11.1. The van der Waals surface area contributed by atoms with Gasteiger partial charge in [-0.2, -0.15) is 5.10 Å². The number of aryl methyl sites for hydroxylation is 1. The monoisotopic (exact) mass is 266 g/mol. The van der Waals surface area contributed by atoms with Gasteiger partial charge in [0.2, 0.25) is 0 Å². The minimum Gasteiger partial charge on any atom is -0.311 e. The third kappa shape index (κ3) is 2.86. The number of hydrogen-bond acceptors (Lipinski definition) is 3. The second-order valence-corrected chi connectivity index (χ2v) is 4.98. The molecule has 0 amide bonds. The molecule has 102 valence electrons. The van der Waals surface area contributed by atoms with Crippen LogP contribution in [0.3, 0.4) is 0 Å². The molecule has 0 atom stereocenters. The standard InChI is InChI=1S/C16H18N4/c1-13-8-19-20(12-13)7-6-17-10-15-11-18-9-14-4-2-3-5-16(14)15/h2-5,8-9,11-12,17H,6-7,10H2,1H3. The summed E-state index contributed by atoms with van der Waals surface area (Å²) in [6, 6.07) is 8.35. The number of pyridine rings is 1. The van der Waals surface area contributed by atoms with Crippen LogP contribution in [0.5, 0.6) is 0 Å². The summed E-state index contributed by atoms with van der Waals surface area (Å²) in [6.45, 7) is 4.66. The molecule has 3 aromatic rings. The molecule has 0 saturated carbocycles. The fourth-order valence-electron chi connectivity index (χ4n) is 2.33. The van der Waals surface area contributed by atoms with Crippen molar-refractivity contribution in [1.82, 2.24) is 20.1 Å². The molecule has 3 rings (SSSR count). The molecule has 4 heteroatoms. The van der Waals surface area contributed by atoms with E-state index in [-0.39, 0.29) is 0 Å². The molecule has 0 aliphatic carbocycles. The van der Waals surface area contributed by atoms with Crippen LogP contribution in [0.2, 0.25) is 0 Å². The predicted octanol–water partition coefficient (Wildman–Crippen LogP) is 2.53. The van der Waals surface area contributed by atoms with E-state index in [0.717, 1.165) is 19.6 Å². The van der Waals surface area contributed by atoms with Crippen molar-refractivity contribution < 1.29 is 0 Å². The van der Waals surface area contributed by atoms with Crippen LogP contribution in [0, 0.1) is 6.92 Å². The minimum absolute atomic E-state index is 0.828. The number of benzene rings is 1. The highest BCUT2D eigenvalue weighted by Gasteiger charge is 2.00.